The summed E-state index contributed by atoms with van der Waals surface area (Å²) >= 11 is 0. The molecule has 5 rings (SSSR count). The normalized spacial score (nSPS) is 17.3. The van der Waals surface area contributed by atoms with Crippen LogP contribution in [0.3, 0.4) is 0 Å². The van der Waals surface area contributed by atoms with E-state index in [4.69, 9.17) is 9.47 Å². The van der Waals surface area contributed by atoms with Gasteiger partial charge in [0.2, 0.25) is 6.79 Å². The number of nitrogens with zero attached hydrogens (tertiary/aromatic N) is 2. The van der Waals surface area contributed by atoms with Crippen molar-refractivity contribution in [2.45, 2.75) is 13.1 Å². The molecule has 0 aromatic heterocycles. The lowest BCUT2D eigenvalue weighted by Gasteiger charge is -2.35. The van der Waals surface area contributed by atoms with Gasteiger partial charge < -0.3 is 14.6 Å². The number of rotatable bonds is 4. The number of hydrogen-bond acceptors (Lipinski definition) is 5. The Bertz CT molecular complexity index is 996. The SMILES string of the molecule is Oc1ccc2ccccc2c1CN1CCN(Cc2ccc3c(c2)OCO3)CC1. The van der Waals surface area contributed by atoms with Crippen molar-refractivity contribution in [3.8, 4) is 17.2 Å². The van der Waals surface area contributed by atoms with E-state index < -0.39 is 0 Å². The van der Waals surface area contributed by atoms with Crippen LogP contribution < -0.4 is 9.47 Å². The Morgan fingerprint density at radius 1 is 0.786 bits per heavy atom. The highest BCUT2D eigenvalue weighted by Gasteiger charge is 2.20. The fourth-order valence-corrected chi connectivity index (χ4v) is 4.12. The molecule has 0 aliphatic carbocycles. The Labute approximate surface area is 164 Å². The van der Waals surface area contributed by atoms with Crippen LogP contribution >= 0.6 is 0 Å². The predicted octanol–water partition coefficient (Wildman–Crippen LogP) is 3.59. The van der Waals surface area contributed by atoms with Crippen LogP contribution in [-0.2, 0) is 13.1 Å². The first-order valence-corrected chi connectivity index (χ1v) is 9.79. The third-order valence-electron chi connectivity index (χ3n) is 5.71. The van der Waals surface area contributed by atoms with Gasteiger partial charge >= 0.3 is 0 Å². The molecule has 0 atom stereocenters. The van der Waals surface area contributed by atoms with Gasteiger partial charge in [-0.3, -0.25) is 9.80 Å². The molecule has 0 amide bonds. The number of aromatic hydroxyl groups is 1. The molecule has 0 radical (unpaired) electrons. The zero-order valence-electron chi connectivity index (χ0n) is 15.8. The summed E-state index contributed by atoms with van der Waals surface area (Å²) in [6.45, 7) is 6.04. The fourth-order valence-electron chi connectivity index (χ4n) is 4.12. The summed E-state index contributed by atoms with van der Waals surface area (Å²) < 4.78 is 10.9. The third kappa shape index (κ3) is 3.39. The van der Waals surface area contributed by atoms with E-state index in [9.17, 15) is 5.11 Å². The summed E-state index contributed by atoms with van der Waals surface area (Å²) in [6, 6.07) is 18.3. The van der Waals surface area contributed by atoms with E-state index in [1.54, 1.807) is 0 Å². The average molecular weight is 376 g/mol. The number of piperazine rings is 1. The van der Waals surface area contributed by atoms with Crippen LogP contribution in [0, 0.1) is 0 Å². The van der Waals surface area contributed by atoms with E-state index in [0.29, 0.717) is 12.5 Å². The van der Waals surface area contributed by atoms with Crippen molar-refractivity contribution in [1.82, 2.24) is 9.80 Å². The van der Waals surface area contributed by atoms with Crippen molar-refractivity contribution < 1.29 is 14.6 Å². The van der Waals surface area contributed by atoms with Crippen LogP contribution in [0.4, 0.5) is 0 Å². The maximum Gasteiger partial charge on any atom is 0.231 e. The molecule has 1 saturated heterocycles. The fraction of sp³-hybridized carbons (Fsp3) is 0.304. The van der Waals surface area contributed by atoms with Gasteiger partial charge in [0, 0.05) is 44.8 Å². The molecule has 5 nitrogen and oxygen atoms in total. The molecule has 1 N–H and O–H groups in total. The van der Waals surface area contributed by atoms with Gasteiger partial charge in [-0.1, -0.05) is 36.4 Å². The highest BCUT2D eigenvalue weighted by Crippen LogP contribution is 2.33. The largest absolute Gasteiger partial charge is 0.508 e. The molecular formula is C23H24N2O3. The van der Waals surface area contributed by atoms with Gasteiger partial charge in [0.25, 0.3) is 0 Å². The average Bonchev–Trinajstić information content (AvgIpc) is 3.19. The number of fused-ring (bicyclic) bond motifs is 2. The molecule has 0 spiro atoms. The van der Waals surface area contributed by atoms with Crippen LogP contribution in [0.5, 0.6) is 17.2 Å². The molecule has 2 heterocycles. The molecule has 3 aromatic carbocycles. The second-order valence-corrected chi connectivity index (χ2v) is 7.52. The minimum Gasteiger partial charge on any atom is -0.508 e. The Balaban J connectivity index is 1.23. The number of phenols is 1. The Morgan fingerprint density at radius 3 is 2.39 bits per heavy atom. The molecule has 2 aliphatic rings. The zero-order chi connectivity index (χ0) is 18.9. The topological polar surface area (TPSA) is 45.2 Å². The molecule has 5 heteroatoms. The van der Waals surface area contributed by atoms with Crippen LogP contribution in [0.2, 0.25) is 0 Å². The zero-order valence-corrected chi connectivity index (χ0v) is 15.8. The van der Waals surface area contributed by atoms with Gasteiger partial charge in [-0.2, -0.15) is 0 Å². The molecule has 0 unspecified atom stereocenters. The monoisotopic (exact) mass is 376 g/mol. The van der Waals surface area contributed by atoms with E-state index in [1.807, 2.05) is 30.3 Å². The number of benzene rings is 3. The standard InChI is InChI=1S/C23H24N2O3/c26-21-7-6-18-3-1-2-4-19(18)20(21)15-25-11-9-24(10-12-25)14-17-5-8-22-23(13-17)28-16-27-22/h1-8,13,26H,9-12,14-16H2. The highest BCUT2D eigenvalue weighted by molar-refractivity contribution is 5.87. The first kappa shape index (κ1) is 17.3. The van der Waals surface area contributed by atoms with Gasteiger partial charge in [-0.25, -0.2) is 0 Å². The molecule has 0 saturated carbocycles. The lowest BCUT2D eigenvalue weighted by Crippen LogP contribution is -2.45. The molecule has 3 aromatic rings. The van der Waals surface area contributed by atoms with Gasteiger partial charge in [-0.15, -0.1) is 0 Å². The number of phenolic OH excluding ortho intramolecular Hbond substituents is 1. The Hall–Kier alpha value is -2.76. The summed E-state index contributed by atoms with van der Waals surface area (Å²) in [7, 11) is 0. The lowest BCUT2D eigenvalue weighted by molar-refractivity contribution is 0.121. The second kappa shape index (κ2) is 7.34. The number of hydrogen-bond donors (Lipinski definition) is 1. The van der Waals surface area contributed by atoms with E-state index in [-0.39, 0.29) is 0 Å². The van der Waals surface area contributed by atoms with Gasteiger partial charge in [0.15, 0.2) is 11.5 Å². The van der Waals surface area contributed by atoms with E-state index in [2.05, 4.69) is 34.1 Å². The predicted molar refractivity (Wildman–Crippen MR) is 109 cm³/mol. The van der Waals surface area contributed by atoms with Crippen LogP contribution in [0.1, 0.15) is 11.1 Å². The molecule has 1 fully saturated rings. The summed E-state index contributed by atoms with van der Waals surface area (Å²) in [4.78, 5) is 4.90. The van der Waals surface area contributed by atoms with E-state index in [1.165, 1.54) is 10.9 Å². The van der Waals surface area contributed by atoms with Crippen LogP contribution in [0.25, 0.3) is 10.8 Å². The second-order valence-electron chi connectivity index (χ2n) is 7.52. The summed E-state index contributed by atoms with van der Waals surface area (Å²) in [5, 5.41) is 12.7. The van der Waals surface area contributed by atoms with Crippen molar-refractivity contribution >= 4 is 10.8 Å². The third-order valence-corrected chi connectivity index (χ3v) is 5.71. The molecule has 0 bridgehead atoms. The lowest BCUT2D eigenvalue weighted by atomic mass is 10.0. The maximum atomic E-state index is 10.4. The molecular weight excluding hydrogens is 352 g/mol. The van der Waals surface area contributed by atoms with E-state index >= 15 is 0 Å². The van der Waals surface area contributed by atoms with Crippen molar-refractivity contribution in [2.75, 3.05) is 33.0 Å². The van der Waals surface area contributed by atoms with Gasteiger partial charge in [0.05, 0.1) is 0 Å². The van der Waals surface area contributed by atoms with Crippen molar-refractivity contribution in [2.24, 2.45) is 0 Å². The smallest absolute Gasteiger partial charge is 0.231 e. The van der Waals surface area contributed by atoms with Crippen LogP contribution in [0.15, 0.2) is 54.6 Å². The summed E-state index contributed by atoms with van der Waals surface area (Å²) in [5.74, 6) is 2.08. The molecule has 144 valence electrons. The minimum atomic E-state index is 0.318. The number of ether oxygens (including phenoxy) is 2. The summed E-state index contributed by atoms with van der Waals surface area (Å²) in [5.41, 5.74) is 2.28. The first-order valence-electron chi connectivity index (χ1n) is 9.79. The first-order chi connectivity index (χ1) is 13.8. The van der Waals surface area contributed by atoms with Crippen molar-refractivity contribution in [1.29, 1.82) is 0 Å². The van der Waals surface area contributed by atoms with Crippen molar-refractivity contribution in [3.05, 3.63) is 65.7 Å². The molecule has 2 aliphatic heterocycles. The Kier molecular flexibility index (Phi) is 4.55. The van der Waals surface area contributed by atoms with Crippen molar-refractivity contribution in [3.63, 3.8) is 0 Å². The maximum absolute atomic E-state index is 10.4. The highest BCUT2D eigenvalue weighted by atomic mass is 16.7. The minimum absolute atomic E-state index is 0.318. The van der Waals surface area contributed by atoms with Gasteiger partial charge in [-0.05, 0) is 34.5 Å². The quantitative estimate of drug-likeness (QED) is 0.754. The molecule has 28 heavy (non-hydrogen) atoms. The summed E-state index contributed by atoms with van der Waals surface area (Å²) in [6.07, 6.45) is 0. The van der Waals surface area contributed by atoms with Gasteiger partial charge in [0.1, 0.15) is 5.75 Å². The Morgan fingerprint density at radius 2 is 1.54 bits per heavy atom. The van der Waals surface area contributed by atoms with E-state index in [0.717, 1.165) is 61.7 Å². The van der Waals surface area contributed by atoms with Crippen LogP contribution in [-0.4, -0.2) is 47.9 Å².